The van der Waals surface area contributed by atoms with Crippen LogP contribution in [0.4, 0.5) is 0 Å². The van der Waals surface area contributed by atoms with E-state index in [-0.39, 0.29) is 18.4 Å². The quantitative estimate of drug-likeness (QED) is 0.581. The van der Waals surface area contributed by atoms with Gasteiger partial charge in [0.15, 0.2) is 0 Å². The van der Waals surface area contributed by atoms with Crippen LogP contribution in [0.25, 0.3) is 10.6 Å². The van der Waals surface area contributed by atoms with Crippen molar-refractivity contribution in [2.24, 2.45) is 0 Å². The van der Waals surface area contributed by atoms with E-state index in [1.165, 1.54) is 29.7 Å². The molecule has 29 heavy (non-hydrogen) atoms. The van der Waals surface area contributed by atoms with Crippen molar-refractivity contribution in [1.29, 1.82) is 0 Å². The van der Waals surface area contributed by atoms with E-state index < -0.39 is 0 Å². The third kappa shape index (κ3) is 5.04. The average Bonchev–Trinajstić information content (AvgIpc) is 3.42. The van der Waals surface area contributed by atoms with Gasteiger partial charge in [0, 0.05) is 17.5 Å². The van der Waals surface area contributed by atoms with E-state index in [4.69, 9.17) is 11.6 Å². The lowest BCUT2D eigenvalue weighted by atomic mass is 10.1. The van der Waals surface area contributed by atoms with Crippen LogP contribution in [0.3, 0.4) is 0 Å². The Balaban J connectivity index is 1.38. The molecule has 1 atom stereocenters. The van der Waals surface area contributed by atoms with Crippen LogP contribution in [0, 0.1) is 0 Å². The number of rotatable bonds is 7. The van der Waals surface area contributed by atoms with E-state index in [2.05, 4.69) is 39.5 Å². The number of halogens is 1. The number of hydrogen-bond acceptors (Lipinski definition) is 4. The van der Waals surface area contributed by atoms with Gasteiger partial charge in [-0.05, 0) is 37.6 Å². The van der Waals surface area contributed by atoms with Crippen LogP contribution in [-0.2, 0) is 11.2 Å². The first-order valence-corrected chi connectivity index (χ1v) is 11.2. The summed E-state index contributed by atoms with van der Waals surface area (Å²) in [6.45, 7) is 2.79. The molecule has 1 aliphatic heterocycles. The molecule has 6 heteroatoms. The highest BCUT2D eigenvalue weighted by Crippen LogP contribution is 2.30. The fraction of sp³-hybridized carbons (Fsp3) is 0.304. The molecule has 2 aromatic carbocycles. The molecule has 1 amide bonds. The fourth-order valence-corrected chi connectivity index (χ4v) is 4.91. The molecule has 150 valence electrons. The normalized spacial score (nSPS) is 15.3. The lowest BCUT2D eigenvalue weighted by molar-refractivity contribution is -0.120. The second-order valence-corrected chi connectivity index (χ2v) is 8.54. The predicted octanol–water partition coefficient (Wildman–Crippen LogP) is 4.96. The zero-order valence-corrected chi connectivity index (χ0v) is 17.8. The smallest absolute Gasteiger partial charge is 0.226 e. The van der Waals surface area contributed by atoms with Gasteiger partial charge in [-0.3, -0.25) is 9.69 Å². The number of carbonyl (C=O) groups is 1. The second-order valence-electron chi connectivity index (χ2n) is 7.27. The largest absolute Gasteiger partial charge is 0.354 e. The van der Waals surface area contributed by atoms with Crippen molar-refractivity contribution in [2.45, 2.75) is 25.3 Å². The van der Waals surface area contributed by atoms with Crippen LogP contribution in [0.15, 0.2) is 60.0 Å². The molecule has 0 bridgehead atoms. The van der Waals surface area contributed by atoms with Gasteiger partial charge in [-0.2, -0.15) is 0 Å². The third-order valence-electron chi connectivity index (χ3n) is 5.26. The Morgan fingerprint density at radius 3 is 2.59 bits per heavy atom. The minimum atomic E-state index is 0.00105. The first-order chi connectivity index (χ1) is 14.2. The Hall–Kier alpha value is -2.21. The molecular weight excluding hydrogens is 402 g/mol. The van der Waals surface area contributed by atoms with E-state index in [0.717, 1.165) is 29.4 Å². The third-order valence-corrected chi connectivity index (χ3v) is 6.51. The fourth-order valence-electron chi connectivity index (χ4n) is 3.77. The van der Waals surface area contributed by atoms with Gasteiger partial charge < -0.3 is 5.32 Å². The number of hydrogen-bond donors (Lipinski definition) is 1. The highest BCUT2D eigenvalue weighted by molar-refractivity contribution is 7.13. The summed E-state index contributed by atoms with van der Waals surface area (Å²) in [7, 11) is 0. The van der Waals surface area contributed by atoms with Crippen LogP contribution >= 0.6 is 22.9 Å². The summed E-state index contributed by atoms with van der Waals surface area (Å²) in [5.74, 6) is 0.00105. The van der Waals surface area contributed by atoms with Crippen molar-refractivity contribution in [2.75, 3.05) is 19.6 Å². The number of nitrogens with one attached hydrogen (secondary N) is 1. The van der Waals surface area contributed by atoms with Crippen molar-refractivity contribution in [3.05, 3.63) is 76.3 Å². The predicted molar refractivity (Wildman–Crippen MR) is 119 cm³/mol. The standard InChI is InChI=1S/C23H24ClN3OS/c24-20-11-5-4-10-19(20)23-26-18(16-29-23)14-22(28)25-15-21(27-12-6-7-13-27)17-8-2-1-3-9-17/h1-5,8-11,16,21H,6-7,12-15H2,(H,25,28). The number of thiazole rings is 1. The Labute approximate surface area is 180 Å². The molecule has 2 heterocycles. The van der Waals surface area contributed by atoms with Crippen molar-refractivity contribution >= 4 is 28.8 Å². The molecule has 1 saturated heterocycles. The summed E-state index contributed by atoms with van der Waals surface area (Å²) in [6, 6.07) is 18.3. The number of likely N-dealkylation sites (tertiary alicyclic amines) is 1. The molecule has 1 N–H and O–H groups in total. The topological polar surface area (TPSA) is 45.2 Å². The van der Waals surface area contributed by atoms with Crippen LogP contribution in [0.1, 0.15) is 30.1 Å². The van der Waals surface area contributed by atoms with Crippen LogP contribution in [0.2, 0.25) is 5.02 Å². The van der Waals surface area contributed by atoms with Crippen molar-refractivity contribution < 1.29 is 4.79 Å². The highest BCUT2D eigenvalue weighted by Gasteiger charge is 2.24. The van der Waals surface area contributed by atoms with Gasteiger partial charge in [-0.1, -0.05) is 60.1 Å². The molecule has 3 aromatic rings. The Morgan fingerprint density at radius 1 is 1.10 bits per heavy atom. The molecule has 1 fully saturated rings. The molecule has 0 spiro atoms. The molecule has 1 aliphatic rings. The molecule has 1 aromatic heterocycles. The lowest BCUT2D eigenvalue weighted by Crippen LogP contribution is -2.37. The Kier molecular flexibility index (Phi) is 6.60. The van der Waals surface area contributed by atoms with Gasteiger partial charge in [0.05, 0.1) is 23.2 Å². The lowest BCUT2D eigenvalue weighted by Gasteiger charge is -2.28. The van der Waals surface area contributed by atoms with E-state index in [0.29, 0.717) is 11.6 Å². The molecule has 0 aliphatic carbocycles. The van der Waals surface area contributed by atoms with E-state index in [1.807, 2.05) is 35.7 Å². The SMILES string of the molecule is O=C(Cc1csc(-c2ccccc2Cl)n1)NCC(c1ccccc1)N1CCCC1. The maximum absolute atomic E-state index is 12.6. The Bertz CT molecular complexity index is 954. The molecule has 4 rings (SSSR count). The van der Waals surface area contributed by atoms with Gasteiger partial charge >= 0.3 is 0 Å². The van der Waals surface area contributed by atoms with E-state index in [9.17, 15) is 4.79 Å². The first-order valence-electron chi connectivity index (χ1n) is 9.96. The summed E-state index contributed by atoms with van der Waals surface area (Å²) in [5, 5.41) is 6.58. The average molecular weight is 426 g/mol. The maximum Gasteiger partial charge on any atom is 0.226 e. The molecule has 1 unspecified atom stereocenters. The van der Waals surface area contributed by atoms with E-state index >= 15 is 0 Å². The Morgan fingerprint density at radius 2 is 1.83 bits per heavy atom. The van der Waals surface area contributed by atoms with E-state index in [1.54, 1.807) is 0 Å². The number of benzene rings is 2. The molecular formula is C23H24ClN3OS. The first kappa shape index (κ1) is 20.1. The van der Waals surface area contributed by atoms with Crippen molar-refractivity contribution in [3.8, 4) is 10.6 Å². The number of nitrogens with zero attached hydrogens (tertiary/aromatic N) is 2. The molecule has 0 saturated carbocycles. The highest BCUT2D eigenvalue weighted by atomic mass is 35.5. The minimum absolute atomic E-state index is 0.00105. The van der Waals surface area contributed by atoms with Crippen LogP contribution in [0.5, 0.6) is 0 Å². The summed E-state index contributed by atoms with van der Waals surface area (Å²) in [6.07, 6.45) is 2.73. The van der Waals surface area contributed by atoms with Gasteiger partial charge in [-0.15, -0.1) is 11.3 Å². The number of aromatic nitrogens is 1. The maximum atomic E-state index is 12.6. The summed E-state index contributed by atoms with van der Waals surface area (Å²) in [4.78, 5) is 19.7. The van der Waals surface area contributed by atoms with Crippen molar-refractivity contribution in [3.63, 3.8) is 0 Å². The van der Waals surface area contributed by atoms with Crippen LogP contribution < -0.4 is 5.32 Å². The van der Waals surface area contributed by atoms with Gasteiger partial charge in [-0.25, -0.2) is 4.98 Å². The zero-order valence-electron chi connectivity index (χ0n) is 16.2. The zero-order chi connectivity index (χ0) is 20.1. The number of carbonyl (C=O) groups excluding carboxylic acids is 1. The van der Waals surface area contributed by atoms with Gasteiger partial charge in [0.1, 0.15) is 5.01 Å². The summed E-state index contributed by atoms with van der Waals surface area (Å²) < 4.78 is 0. The summed E-state index contributed by atoms with van der Waals surface area (Å²) in [5.41, 5.74) is 2.94. The molecule has 4 nitrogen and oxygen atoms in total. The van der Waals surface area contributed by atoms with Crippen molar-refractivity contribution in [1.82, 2.24) is 15.2 Å². The summed E-state index contributed by atoms with van der Waals surface area (Å²) >= 11 is 7.78. The number of amides is 1. The minimum Gasteiger partial charge on any atom is -0.354 e. The van der Waals surface area contributed by atoms with Gasteiger partial charge in [0.2, 0.25) is 5.91 Å². The molecule has 0 radical (unpaired) electrons. The van der Waals surface area contributed by atoms with Crippen LogP contribution in [-0.4, -0.2) is 35.4 Å². The second kappa shape index (κ2) is 9.53. The van der Waals surface area contributed by atoms with Gasteiger partial charge in [0.25, 0.3) is 0 Å². The monoisotopic (exact) mass is 425 g/mol.